The predicted octanol–water partition coefficient (Wildman–Crippen LogP) is -0.0924. The number of amides is 2. The molecule has 2 fully saturated rings. The maximum Gasteiger partial charge on any atom is 0.257 e. The van der Waals surface area contributed by atoms with Gasteiger partial charge in [-0.15, -0.1) is 5.10 Å². The van der Waals surface area contributed by atoms with Gasteiger partial charge >= 0.3 is 0 Å². The molecule has 0 saturated carbocycles. The van der Waals surface area contributed by atoms with E-state index in [0.717, 1.165) is 10.8 Å². The number of carbonyl (C=O) groups excluding carboxylic acids is 2. The molecule has 6 nitrogen and oxygen atoms in total. The van der Waals surface area contributed by atoms with Crippen molar-refractivity contribution in [2.24, 2.45) is 22.7 Å². The Morgan fingerprint density at radius 3 is 2.44 bits per heavy atom. The third kappa shape index (κ3) is 1.50. The number of amidine groups is 1. The van der Waals surface area contributed by atoms with Gasteiger partial charge in [0.15, 0.2) is 5.17 Å². The van der Waals surface area contributed by atoms with Crippen molar-refractivity contribution >= 4 is 28.7 Å². The van der Waals surface area contributed by atoms with Gasteiger partial charge in [0.1, 0.15) is 0 Å². The van der Waals surface area contributed by atoms with Crippen LogP contribution in [0.15, 0.2) is 17.3 Å². The Morgan fingerprint density at radius 2 is 1.94 bits per heavy atom. The Morgan fingerprint density at radius 1 is 1.39 bits per heavy atom. The molecule has 7 heteroatoms. The summed E-state index contributed by atoms with van der Waals surface area (Å²) in [6.07, 6.45) is 3.12. The van der Waals surface area contributed by atoms with Crippen LogP contribution in [0.1, 0.15) is 6.92 Å². The van der Waals surface area contributed by atoms with Crippen LogP contribution in [-0.2, 0) is 14.3 Å². The number of nitrogens with two attached hydrogens (primary N) is 1. The molecule has 3 aliphatic rings. The van der Waals surface area contributed by atoms with Gasteiger partial charge in [-0.2, -0.15) is 5.01 Å². The van der Waals surface area contributed by atoms with E-state index in [-0.39, 0.29) is 29.2 Å². The number of hydrogen-bond donors (Lipinski definition) is 1. The fraction of sp³-hybridized carbons (Fsp3) is 0.545. The van der Waals surface area contributed by atoms with Gasteiger partial charge in [-0.3, -0.25) is 9.59 Å². The number of hydrogen-bond acceptors (Lipinski definition) is 5. The molecule has 96 valence electrons. The van der Waals surface area contributed by atoms with E-state index in [9.17, 15) is 9.59 Å². The zero-order valence-corrected chi connectivity index (χ0v) is 10.6. The van der Waals surface area contributed by atoms with Crippen LogP contribution in [0.3, 0.4) is 0 Å². The van der Waals surface area contributed by atoms with Gasteiger partial charge in [0.05, 0.1) is 24.0 Å². The van der Waals surface area contributed by atoms with Crippen LogP contribution in [0.5, 0.6) is 0 Å². The largest absolute Gasteiger partial charge is 0.377 e. The molecule has 3 aliphatic heterocycles. The average molecular weight is 267 g/mol. The molecule has 2 saturated heterocycles. The second-order valence-corrected chi connectivity index (χ2v) is 5.65. The zero-order chi connectivity index (χ0) is 12.9. The molecule has 3 rings (SSSR count). The van der Waals surface area contributed by atoms with E-state index in [2.05, 4.69) is 5.10 Å². The molecule has 3 heterocycles. The fourth-order valence-corrected chi connectivity index (χ4v) is 3.10. The first-order chi connectivity index (χ1) is 8.63. The lowest BCUT2D eigenvalue weighted by molar-refractivity contribution is -0.142. The third-order valence-corrected chi connectivity index (χ3v) is 4.04. The summed E-state index contributed by atoms with van der Waals surface area (Å²) in [4.78, 5) is 24.3. The van der Waals surface area contributed by atoms with Crippen LogP contribution in [0.2, 0.25) is 0 Å². The number of ether oxygens (including phenoxy) is 1. The monoisotopic (exact) mass is 267 g/mol. The van der Waals surface area contributed by atoms with Gasteiger partial charge in [-0.05, 0) is 5.75 Å². The van der Waals surface area contributed by atoms with Crippen molar-refractivity contribution < 1.29 is 14.3 Å². The van der Waals surface area contributed by atoms with Crippen LogP contribution in [0.4, 0.5) is 0 Å². The molecule has 2 amide bonds. The molecule has 2 bridgehead atoms. The molecule has 0 aromatic carbocycles. The molecule has 2 N–H and O–H groups in total. The lowest BCUT2D eigenvalue weighted by Gasteiger charge is -2.12. The van der Waals surface area contributed by atoms with Crippen LogP contribution in [0.25, 0.3) is 0 Å². The second kappa shape index (κ2) is 4.10. The van der Waals surface area contributed by atoms with Crippen LogP contribution in [-0.4, -0.2) is 40.0 Å². The molecular formula is C11H13N3O3S. The van der Waals surface area contributed by atoms with Crippen molar-refractivity contribution in [1.29, 1.82) is 0 Å². The highest BCUT2D eigenvalue weighted by Crippen LogP contribution is 2.45. The summed E-state index contributed by atoms with van der Waals surface area (Å²) >= 11 is 1.30. The predicted molar refractivity (Wildman–Crippen MR) is 66.4 cm³/mol. The molecule has 0 aromatic heterocycles. The molecule has 4 atom stereocenters. The van der Waals surface area contributed by atoms with Crippen molar-refractivity contribution in [2.75, 3.05) is 5.75 Å². The highest BCUT2D eigenvalue weighted by Gasteiger charge is 2.61. The Hall–Kier alpha value is -1.34. The summed E-state index contributed by atoms with van der Waals surface area (Å²) in [6.45, 7) is 1.92. The number of imide groups is 1. The number of nitrogens with zero attached hydrogens (tertiary/aromatic N) is 2. The Labute approximate surface area is 108 Å². The Bertz CT molecular complexity index is 446. The van der Waals surface area contributed by atoms with Crippen molar-refractivity contribution in [3.63, 3.8) is 0 Å². The highest BCUT2D eigenvalue weighted by atomic mass is 32.2. The van der Waals surface area contributed by atoms with E-state index in [1.165, 1.54) is 11.8 Å². The number of fused-ring (bicyclic) bond motifs is 5. The summed E-state index contributed by atoms with van der Waals surface area (Å²) in [6, 6.07) is 0. The first-order valence-electron chi connectivity index (χ1n) is 5.82. The Kier molecular flexibility index (Phi) is 2.67. The second-order valence-electron chi connectivity index (χ2n) is 4.36. The first kappa shape index (κ1) is 11.7. The number of thioether (sulfide) groups is 1. The third-order valence-electron chi connectivity index (χ3n) is 3.38. The van der Waals surface area contributed by atoms with Crippen LogP contribution in [0, 0.1) is 11.8 Å². The molecule has 0 spiro atoms. The van der Waals surface area contributed by atoms with Crippen molar-refractivity contribution in [3.05, 3.63) is 12.2 Å². The van der Waals surface area contributed by atoms with E-state index in [1.54, 1.807) is 0 Å². The number of hydrazone groups is 1. The minimum atomic E-state index is -0.421. The van der Waals surface area contributed by atoms with Gasteiger partial charge in [0.2, 0.25) is 0 Å². The van der Waals surface area contributed by atoms with Crippen molar-refractivity contribution in [3.8, 4) is 0 Å². The number of carbonyl (C=O) groups is 2. The van der Waals surface area contributed by atoms with Crippen LogP contribution < -0.4 is 5.73 Å². The van der Waals surface area contributed by atoms with Gasteiger partial charge in [-0.1, -0.05) is 30.8 Å². The van der Waals surface area contributed by atoms with Crippen molar-refractivity contribution in [2.45, 2.75) is 19.1 Å². The van der Waals surface area contributed by atoms with Gasteiger partial charge in [0, 0.05) is 0 Å². The van der Waals surface area contributed by atoms with E-state index in [4.69, 9.17) is 10.5 Å². The topological polar surface area (TPSA) is 85.0 Å². The molecule has 2 unspecified atom stereocenters. The van der Waals surface area contributed by atoms with Gasteiger partial charge < -0.3 is 10.5 Å². The quantitative estimate of drug-likeness (QED) is 0.327. The zero-order valence-electron chi connectivity index (χ0n) is 9.78. The van der Waals surface area contributed by atoms with Crippen molar-refractivity contribution in [1.82, 2.24) is 5.01 Å². The molecular weight excluding hydrogens is 254 g/mol. The summed E-state index contributed by atoms with van der Waals surface area (Å²) in [7, 11) is 0. The summed E-state index contributed by atoms with van der Waals surface area (Å²) in [5, 5.41) is 5.07. The van der Waals surface area contributed by atoms with Crippen LogP contribution >= 0.6 is 11.8 Å². The highest BCUT2D eigenvalue weighted by molar-refractivity contribution is 8.13. The maximum atomic E-state index is 12.1. The van der Waals surface area contributed by atoms with Gasteiger partial charge in [-0.25, -0.2) is 0 Å². The maximum absolute atomic E-state index is 12.1. The standard InChI is InChI=1S/C11H13N3O3S/c1-2-18-11(12)13-14-9(15)7-5-3-4-6(17-5)8(7)10(14)16/h3-8H,2H2,1H3,(H2,12,13)/t5-,6+,7?,8?. The minimum absolute atomic E-state index is 0.236. The minimum Gasteiger partial charge on any atom is -0.377 e. The summed E-state index contributed by atoms with van der Waals surface area (Å²) in [5.74, 6) is -0.705. The molecule has 18 heavy (non-hydrogen) atoms. The average Bonchev–Trinajstić information content (AvgIpc) is 2.99. The van der Waals surface area contributed by atoms with Gasteiger partial charge in [0.25, 0.3) is 11.8 Å². The lowest BCUT2D eigenvalue weighted by Crippen LogP contribution is -2.32. The summed E-state index contributed by atoms with van der Waals surface area (Å²) < 4.78 is 5.52. The van der Waals surface area contributed by atoms with E-state index in [0.29, 0.717) is 0 Å². The smallest absolute Gasteiger partial charge is 0.257 e. The normalized spacial score (nSPS) is 37.8. The van der Waals surface area contributed by atoms with E-state index < -0.39 is 11.8 Å². The fourth-order valence-electron chi connectivity index (χ4n) is 2.66. The SMILES string of the molecule is CCS/C(N)=N\N1C(=O)C2C(C1=O)[C@H]1C=C[C@@H]2O1. The lowest BCUT2D eigenvalue weighted by atomic mass is 9.85. The van der Waals surface area contributed by atoms with E-state index in [1.807, 2.05) is 19.1 Å². The number of rotatable bonds is 2. The Balaban J connectivity index is 1.86. The first-order valence-corrected chi connectivity index (χ1v) is 6.80. The molecule has 0 radical (unpaired) electrons. The summed E-state index contributed by atoms with van der Waals surface area (Å²) in [5.41, 5.74) is 5.64. The van der Waals surface area contributed by atoms with E-state index >= 15 is 0 Å². The molecule has 0 aromatic rings. The molecule has 0 aliphatic carbocycles.